The minimum Gasteiger partial charge on any atom is -0.299 e. The lowest BCUT2D eigenvalue weighted by molar-refractivity contribution is -0.118. The van der Waals surface area contributed by atoms with E-state index in [1.807, 2.05) is 6.92 Å². The molecule has 0 saturated carbocycles. The van der Waals surface area contributed by atoms with Crippen molar-refractivity contribution in [3.8, 4) is 0 Å². The molecule has 0 spiro atoms. The molecule has 12 heavy (non-hydrogen) atoms. The van der Waals surface area contributed by atoms with Gasteiger partial charge in [0.2, 0.25) is 0 Å². The van der Waals surface area contributed by atoms with Crippen molar-refractivity contribution in [3.63, 3.8) is 0 Å². The maximum atomic E-state index is 11.2. The molecule has 1 aliphatic heterocycles. The lowest BCUT2D eigenvalue weighted by Gasteiger charge is -2.09. The van der Waals surface area contributed by atoms with Crippen LogP contribution in [0.15, 0.2) is 6.07 Å². The largest absolute Gasteiger partial charge is 0.299 e. The van der Waals surface area contributed by atoms with Gasteiger partial charge in [-0.1, -0.05) is 0 Å². The van der Waals surface area contributed by atoms with Crippen LogP contribution in [-0.2, 0) is 11.2 Å². The number of aromatic nitrogens is 2. The first-order chi connectivity index (χ1) is 5.66. The van der Waals surface area contributed by atoms with Gasteiger partial charge >= 0.3 is 0 Å². The zero-order valence-electron chi connectivity index (χ0n) is 6.70. The van der Waals surface area contributed by atoms with Crippen molar-refractivity contribution in [2.75, 3.05) is 0 Å². The van der Waals surface area contributed by atoms with E-state index in [0.717, 1.165) is 5.69 Å². The third kappa shape index (κ3) is 0.958. The summed E-state index contributed by atoms with van der Waals surface area (Å²) in [6, 6.07) is 1.77. The summed E-state index contributed by atoms with van der Waals surface area (Å²) in [6.45, 7) is 1.81. The molecular weight excluding hydrogens is 156 g/mol. The van der Waals surface area contributed by atoms with Crippen LogP contribution in [0.1, 0.15) is 22.6 Å². The summed E-state index contributed by atoms with van der Waals surface area (Å²) >= 11 is 0. The summed E-state index contributed by atoms with van der Waals surface area (Å²) in [4.78, 5) is 22.2. The lowest BCUT2D eigenvalue weighted by Crippen LogP contribution is -2.26. The summed E-state index contributed by atoms with van der Waals surface area (Å²) in [5, 5.41) is 3.98. The molecule has 0 atom stereocenters. The second-order valence-corrected chi connectivity index (χ2v) is 2.97. The maximum Gasteiger partial charge on any atom is 0.254 e. The summed E-state index contributed by atoms with van der Waals surface area (Å²) < 4.78 is 1.33. The van der Waals surface area contributed by atoms with Crippen molar-refractivity contribution in [2.24, 2.45) is 0 Å². The van der Waals surface area contributed by atoms with E-state index >= 15 is 0 Å². The number of fused-ring (bicyclic) bond motifs is 1. The van der Waals surface area contributed by atoms with E-state index in [1.165, 1.54) is 4.68 Å². The lowest BCUT2D eigenvalue weighted by atomic mass is 10.1. The molecule has 1 aromatic heterocycles. The summed E-state index contributed by atoms with van der Waals surface area (Å²) in [7, 11) is 0. The van der Waals surface area contributed by atoms with E-state index in [1.54, 1.807) is 6.07 Å². The van der Waals surface area contributed by atoms with Crippen molar-refractivity contribution >= 4 is 11.7 Å². The van der Waals surface area contributed by atoms with Crippen LogP contribution in [0, 0.1) is 6.92 Å². The van der Waals surface area contributed by atoms with Crippen LogP contribution in [-0.4, -0.2) is 21.5 Å². The fourth-order valence-corrected chi connectivity index (χ4v) is 1.40. The van der Waals surface area contributed by atoms with Crippen LogP contribution in [0.4, 0.5) is 0 Å². The number of hydrogen-bond donors (Lipinski definition) is 0. The number of rotatable bonds is 0. The van der Waals surface area contributed by atoms with Crippen LogP contribution in [0.25, 0.3) is 0 Å². The van der Waals surface area contributed by atoms with Gasteiger partial charge in [-0.25, -0.2) is 4.68 Å². The first kappa shape index (κ1) is 7.21. The third-order valence-electron chi connectivity index (χ3n) is 1.87. The Balaban J connectivity index is 2.53. The molecule has 2 heterocycles. The maximum absolute atomic E-state index is 11.2. The highest BCUT2D eigenvalue weighted by Crippen LogP contribution is 2.12. The van der Waals surface area contributed by atoms with Gasteiger partial charge in [-0.15, -0.1) is 0 Å². The van der Waals surface area contributed by atoms with Gasteiger partial charge in [0.15, 0.2) is 0 Å². The SMILES string of the molecule is Cc1cc2n(n1)C(=O)CC(=O)C2. The highest BCUT2D eigenvalue weighted by molar-refractivity contribution is 6.02. The molecule has 0 bridgehead atoms. The Morgan fingerprint density at radius 1 is 1.42 bits per heavy atom. The molecule has 0 saturated heterocycles. The molecule has 0 radical (unpaired) electrons. The zero-order valence-corrected chi connectivity index (χ0v) is 6.70. The molecule has 2 rings (SSSR count). The van der Waals surface area contributed by atoms with Gasteiger partial charge in [-0.05, 0) is 13.0 Å². The van der Waals surface area contributed by atoms with Crippen LogP contribution in [0.3, 0.4) is 0 Å². The average Bonchev–Trinajstić information content (AvgIpc) is 2.29. The van der Waals surface area contributed by atoms with Gasteiger partial charge in [0.05, 0.1) is 17.8 Å². The van der Waals surface area contributed by atoms with Gasteiger partial charge in [-0.3, -0.25) is 9.59 Å². The molecule has 1 aliphatic rings. The number of nitrogens with zero attached hydrogens (tertiary/aromatic N) is 2. The van der Waals surface area contributed by atoms with Gasteiger partial charge in [0, 0.05) is 6.42 Å². The second kappa shape index (κ2) is 2.27. The molecule has 0 unspecified atom stereocenters. The Kier molecular flexibility index (Phi) is 1.36. The number of Topliss-reactive ketones (excluding diaryl/α,β-unsaturated/α-hetero) is 1. The van der Waals surface area contributed by atoms with Crippen molar-refractivity contribution in [2.45, 2.75) is 19.8 Å². The first-order valence-corrected chi connectivity index (χ1v) is 3.77. The Labute approximate surface area is 69.2 Å². The number of aryl methyl sites for hydroxylation is 1. The number of carbonyl (C=O) groups is 2. The van der Waals surface area contributed by atoms with E-state index in [-0.39, 0.29) is 18.1 Å². The van der Waals surface area contributed by atoms with E-state index in [4.69, 9.17) is 0 Å². The summed E-state index contributed by atoms with van der Waals surface area (Å²) in [6.07, 6.45) is 0.334. The molecule has 0 aliphatic carbocycles. The molecule has 4 nitrogen and oxygen atoms in total. The molecule has 4 heteroatoms. The van der Waals surface area contributed by atoms with Crippen molar-refractivity contribution in [3.05, 3.63) is 17.5 Å². The van der Waals surface area contributed by atoms with Crippen LogP contribution in [0.2, 0.25) is 0 Å². The number of ketones is 1. The predicted molar refractivity (Wildman–Crippen MR) is 40.9 cm³/mol. The number of carbonyl (C=O) groups excluding carboxylic acids is 2. The highest BCUT2D eigenvalue weighted by Gasteiger charge is 2.23. The Morgan fingerprint density at radius 3 is 2.92 bits per heavy atom. The average molecular weight is 164 g/mol. The summed E-state index contributed by atoms with van der Waals surface area (Å²) in [5.74, 6) is -0.234. The van der Waals surface area contributed by atoms with E-state index < -0.39 is 0 Å². The minimum absolute atomic E-state index is 0.00583. The predicted octanol–water partition coefficient (Wildman–Crippen LogP) is 0.347. The molecule has 0 N–H and O–H groups in total. The van der Waals surface area contributed by atoms with Gasteiger partial charge in [0.25, 0.3) is 5.91 Å². The van der Waals surface area contributed by atoms with Crippen LogP contribution in [0.5, 0.6) is 0 Å². The van der Waals surface area contributed by atoms with Crippen LogP contribution >= 0.6 is 0 Å². The van der Waals surface area contributed by atoms with Gasteiger partial charge in [-0.2, -0.15) is 5.10 Å². The second-order valence-electron chi connectivity index (χ2n) is 2.97. The number of hydrogen-bond acceptors (Lipinski definition) is 3. The third-order valence-corrected chi connectivity index (χ3v) is 1.87. The normalized spacial score (nSPS) is 16.4. The van der Waals surface area contributed by atoms with Crippen molar-refractivity contribution in [1.82, 2.24) is 9.78 Å². The highest BCUT2D eigenvalue weighted by atomic mass is 16.2. The molecule has 0 fully saturated rings. The molecule has 1 aromatic rings. The molecular formula is C8H8N2O2. The monoisotopic (exact) mass is 164 g/mol. The Bertz CT molecular complexity index is 365. The smallest absolute Gasteiger partial charge is 0.254 e. The summed E-state index contributed by atoms with van der Waals surface area (Å²) in [5.41, 5.74) is 1.50. The molecule has 0 amide bonds. The van der Waals surface area contributed by atoms with Gasteiger partial charge in [0.1, 0.15) is 5.78 Å². The standard InChI is InChI=1S/C8H8N2O2/c1-5-2-6-3-7(11)4-8(12)10(6)9-5/h2H,3-4H2,1H3. The Morgan fingerprint density at radius 2 is 2.17 bits per heavy atom. The van der Waals surface area contributed by atoms with Gasteiger partial charge < -0.3 is 0 Å². The van der Waals surface area contributed by atoms with E-state index in [2.05, 4.69) is 5.10 Å². The Hall–Kier alpha value is -1.45. The fourth-order valence-electron chi connectivity index (χ4n) is 1.40. The van der Waals surface area contributed by atoms with Crippen molar-refractivity contribution < 1.29 is 9.59 Å². The zero-order chi connectivity index (χ0) is 8.72. The van der Waals surface area contributed by atoms with Crippen LogP contribution < -0.4 is 0 Å². The molecule has 62 valence electrons. The molecule has 0 aromatic carbocycles. The van der Waals surface area contributed by atoms with Crippen molar-refractivity contribution in [1.29, 1.82) is 0 Å². The first-order valence-electron chi connectivity index (χ1n) is 3.77. The van der Waals surface area contributed by atoms with E-state index in [0.29, 0.717) is 12.1 Å². The topological polar surface area (TPSA) is 52.0 Å². The minimum atomic E-state index is -0.214. The van der Waals surface area contributed by atoms with E-state index in [9.17, 15) is 9.59 Å². The fraction of sp³-hybridized carbons (Fsp3) is 0.375. The quantitative estimate of drug-likeness (QED) is 0.520.